The zero-order chi connectivity index (χ0) is 11.7. The summed E-state index contributed by atoms with van der Waals surface area (Å²) in [6, 6.07) is 0.618. The lowest BCUT2D eigenvalue weighted by atomic mass is 9.68. The minimum atomic E-state index is 0.306. The smallest absolute Gasteiger partial charge is 0.0226 e. The van der Waals surface area contributed by atoms with Crippen molar-refractivity contribution in [3.8, 4) is 0 Å². The van der Waals surface area contributed by atoms with Gasteiger partial charge in [0.25, 0.3) is 0 Å². The van der Waals surface area contributed by atoms with Crippen molar-refractivity contribution in [1.29, 1.82) is 0 Å². The first-order chi connectivity index (χ1) is 8.22. The van der Waals surface area contributed by atoms with E-state index in [0.717, 1.165) is 40.8 Å². The van der Waals surface area contributed by atoms with Gasteiger partial charge in [-0.3, -0.25) is 0 Å². The van der Waals surface area contributed by atoms with Gasteiger partial charge < -0.3 is 11.5 Å². The van der Waals surface area contributed by atoms with E-state index in [4.69, 9.17) is 11.5 Å². The minimum Gasteiger partial charge on any atom is -0.326 e. The molecule has 4 N–H and O–H groups in total. The summed E-state index contributed by atoms with van der Waals surface area (Å²) in [6.07, 6.45) is 6.51. The summed E-state index contributed by atoms with van der Waals surface area (Å²) in [5.74, 6) is 5.39. The van der Waals surface area contributed by atoms with Gasteiger partial charge >= 0.3 is 0 Å². The van der Waals surface area contributed by atoms with Gasteiger partial charge in [-0.15, -0.1) is 0 Å². The van der Waals surface area contributed by atoms with Gasteiger partial charge in [-0.05, 0) is 61.0 Å². The maximum atomic E-state index is 6.33. The third-order valence-corrected chi connectivity index (χ3v) is 8.56. The average Bonchev–Trinajstić information content (AvgIpc) is 2.99. The summed E-state index contributed by atoms with van der Waals surface area (Å²) in [4.78, 5) is 0. The molecule has 0 saturated heterocycles. The van der Waals surface area contributed by atoms with Crippen LogP contribution in [-0.4, -0.2) is 23.6 Å². The van der Waals surface area contributed by atoms with Crippen LogP contribution in [0.4, 0.5) is 0 Å². The number of hydrogen-bond acceptors (Lipinski definition) is 4. The van der Waals surface area contributed by atoms with E-state index in [1.165, 1.54) is 19.3 Å². The van der Waals surface area contributed by atoms with Gasteiger partial charge in [-0.25, -0.2) is 0 Å². The van der Waals surface area contributed by atoms with Crippen LogP contribution in [0.3, 0.4) is 0 Å². The SMILES string of the molecule is CSS[C@H]1C[C@H]2CC1[C@H]1[C@@H]2[C@H]2C[C@@H]1C(N)C2N. The zero-order valence-corrected chi connectivity index (χ0v) is 11.9. The molecular formula is C13H22N2S2. The minimum absolute atomic E-state index is 0.306. The maximum absolute atomic E-state index is 6.33. The van der Waals surface area contributed by atoms with Gasteiger partial charge in [0.05, 0.1) is 0 Å². The van der Waals surface area contributed by atoms with Gasteiger partial charge in [0.15, 0.2) is 0 Å². The molecule has 0 amide bonds. The molecule has 4 heteroatoms. The van der Waals surface area contributed by atoms with E-state index in [2.05, 4.69) is 17.0 Å². The highest BCUT2D eigenvalue weighted by molar-refractivity contribution is 8.76. The molecule has 4 rings (SSSR count). The molecule has 4 fully saturated rings. The molecule has 4 bridgehead atoms. The van der Waals surface area contributed by atoms with Gasteiger partial charge in [0.1, 0.15) is 0 Å². The highest BCUT2D eigenvalue weighted by Gasteiger charge is 2.66. The second-order valence-electron chi connectivity index (χ2n) is 6.57. The standard InChI is InChI=1S/C13H22N2S2/c1-16-17-9-3-5-2-6(9)11-8-4-7(10(5)11)12(14)13(8)15/h5-13H,2-4,14-15H2,1H3/t5-,6?,7-,8+,9+,10+,11-,12?,13?/m1/s1. The second-order valence-corrected chi connectivity index (χ2v) is 9.28. The zero-order valence-electron chi connectivity index (χ0n) is 10.3. The lowest BCUT2D eigenvalue weighted by Gasteiger charge is -2.42. The fraction of sp³-hybridized carbons (Fsp3) is 1.00. The Morgan fingerprint density at radius 2 is 1.59 bits per heavy atom. The second kappa shape index (κ2) is 3.81. The summed E-state index contributed by atoms with van der Waals surface area (Å²) in [5.41, 5.74) is 12.6. The maximum Gasteiger partial charge on any atom is 0.0226 e. The molecule has 4 aliphatic carbocycles. The van der Waals surface area contributed by atoms with E-state index in [1.54, 1.807) is 0 Å². The first kappa shape index (κ1) is 11.4. The van der Waals surface area contributed by atoms with Crippen molar-refractivity contribution in [3.63, 3.8) is 0 Å². The fourth-order valence-corrected chi connectivity index (χ4v) is 8.30. The number of hydrogen-bond donors (Lipinski definition) is 2. The lowest BCUT2D eigenvalue weighted by Crippen LogP contribution is -2.53. The van der Waals surface area contributed by atoms with Crippen LogP contribution >= 0.6 is 21.6 Å². The fourth-order valence-electron chi connectivity index (χ4n) is 5.89. The normalized spacial score (nSPS) is 63.4. The molecule has 0 heterocycles. The first-order valence-corrected chi connectivity index (χ1v) is 9.55. The first-order valence-electron chi connectivity index (χ1n) is 6.93. The highest BCUT2D eigenvalue weighted by Crippen LogP contribution is 2.68. The highest BCUT2D eigenvalue weighted by atomic mass is 33.1. The number of nitrogens with two attached hydrogens (primary N) is 2. The number of rotatable bonds is 2. The molecule has 9 atom stereocenters. The van der Waals surface area contributed by atoms with Gasteiger partial charge in [-0.2, -0.15) is 0 Å². The Bertz CT molecular complexity index is 337. The summed E-state index contributed by atoms with van der Waals surface area (Å²) >= 11 is 0. The van der Waals surface area contributed by atoms with Crippen molar-refractivity contribution in [2.45, 2.75) is 36.6 Å². The van der Waals surface area contributed by atoms with Crippen molar-refractivity contribution in [1.82, 2.24) is 0 Å². The van der Waals surface area contributed by atoms with E-state index in [9.17, 15) is 0 Å². The third-order valence-electron chi connectivity index (χ3n) is 6.26. The molecule has 0 aromatic heterocycles. The van der Waals surface area contributed by atoms with Crippen LogP contribution < -0.4 is 11.5 Å². The Kier molecular flexibility index (Phi) is 2.57. The molecule has 0 aromatic carbocycles. The van der Waals surface area contributed by atoms with Crippen LogP contribution in [0, 0.1) is 35.5 Å². The van der Waals surface area contributed by atoms with Crippen molar-refractivity contribution < 1.29 is 0 Å². The van der Waals surface area contributed by atoms with E-state index >= 15 is 0 Å². The lowest BCUT2D eigenvalue weighted by molar-refractivity contribution is 0.121. The molecule has 2 nitrogen and oxygen atoms in total. The molecule has 4 aliphatic rings. The third kappa shape index (κ3) is 1.33. The van der Waals surface area contributed by atoms with Crippen LogP contribution in [0.5, 0.6) is 0 Å². The summed E-state index contributed by atoms with van der Waals surface area (Å²) in [5, 5.41) is 0.916. The Morgan fingerprint density at radius 1 is 0.882 bits per heavy atom. The van der Waals surface area contributed by atoms with E-state index in [-0.39, 0.29) is 0 Å². The van der Waals surface area contributed by atoms with Gasteiger partial charge in [0.2, 0.25) is 0 Å². The van der Waals surface area contributed by atoms with Crippen LogP contribution in [0.2, 0.25) is 0 Å². The van der Waals surface area contributed by atoms with Crippen LogP contribution in [0.15, 0.2) is 0 Å². The molecule has 0 aromatic rings. The number of fused-ring (bicyclic) bond motifs is 9. The Morgan fingerprint density at radius 3 is 2.29 bits per heavy atom. The Labute approximate surface area is 111 Å². The molecule has 3 unspecified atom stereocenters. The topological polar surface area (TPSA) is 52.0 Å². The van der Waals surface area contributed by atoms with E-state index < -0.39 is 0 Å². The van der Waals surface area contributed by atoms with E-state index in [0.29, 0.717) is 12.1 Å². The molecule has 0 spiro atoms. The Balaban J connectivity index is 1.62. The van der Waals surface area contributed by atoms with Crippen molar-refractivity contribution >= 4 is 21.6 Å². The molecule has 17 heavy (non-hydrogen) atoms. The van der Waals surface area contributed by atoms with Crippen molar-refractivity contribution in [2.75, 3.05) is 6.26 Å². The van der Waals surface area contributed by atoms with Crippen LogP contribution in [-0.2, 0) is 0 Å². The van der Waals surface area contributed by atoms with E-state index in [1.807, 2.05) is 10.8 Å². The Hall–Kier alpha value is 0.620. The summed E-state index contributed by atoms with van der Waals surface area (Å²) in [7, 11) is 4.08. The van der Waals surface area contributed by atoms with Crippen LogP contribution in [0.1, 0.15) is 19.3 Å². The monoisotopic (exact) mass is 270 g/mol. The average molecular weight is 270 g/mol. The predicted octanol–water partition coefficient (Wildman–Crippen LogP) is 1.94. The van der Waals surface area contributed by atoms with Crippen molar-refractivity contribution in [2.24, 2.45) is 47.0 Å². The van der Waals surface area contributed by atoms with Crippen molar-refractivity contribution in [3.05, 3.63) is 0 Å². The largest absolute Gasteiger partial charge is 0.326 e. The molecule has 4 saturated carbocycles. The molecule has 0 radical (unpaired) electrons. The summed E-state index contributed by atoms with van der Waals surface area (Å²) in [6.45, 7) is 0. The van der Waals surface area contributed by atoms with Crippen LogP contribution in [0.25, 0.3) is 0 Å². The molecule has 96 valence electrons. The molecule has 0 aliphatic heterocycles. The van der Waals surface area contributed by atoms with Gasteiger partial charge in [-0.1, -0.05) is 21.6 Å². The van der Waals surface area contributed by atoms with Gasteiger partial charge in [0, 0.05) is 17.3 Å². The summed E-state index contributed by atoms with van der Waals surface area (Å²) < 4.78 is 0. The predicted molar refractivity (Wildman–Crippen MR) is 75.6 cm³/mol. The quantitative estimate of drug-likeness (QED) is 0.595. The molecular weight excluding hydrogens is 248 g/mol.